The van der Waals surface area contributed by atoms with Crippen molar-refractivity contribution in [1.82, 2.24) is 5.32 Å². The van der Waals surface area contributed by atoms with E-state index in [-0.39, 0.29) is 0 Å². The predicted molar refractivity (Wildman–Crippen MR) is 58.8 cm³/mol. The van der Waals surface area contributed by atoms with Gasteiger partial charge in [-0.15, -0.1) is 0 Å². The van der Waals surface area contributed by atoms with Gasteiger partial charge in [0.1, 0.15) is 5.75 Å². The molecule has 3 nitrogen and oxygen atoms in total. The third-order valence-corrected chi connectivity index (χ3v) is 2.64. The molecule has 1 saturated heterocycles. The Morgan fingerprint density at radius 1 is 1.47 bits per heavy atom. The van der Waals surface area contributed by atoms with Gasteiger partial charge in [0.2, 0.25) is 0 Å². The van der Waals surface area contributed by atoms with Crippen LogP contribution in [0.3, 0.4) is 0 Å². The highest BCUT2D eigenvalue weighted by Gasteiger charge is 2.14. The largest absolute Gasteiger partial charge is 0.508 e. The summed E-state index contributed by atoms with van der Waals surface area (Å²) in [5, 5.41) is 12.6. The molecular formula is C12H17NO2. The third kappa shape index (κ3) is 3.22. The normalized spacial score (nSPS) is 20.7. The molecule has 1 aliphatic heterocycles. The number of phenols is 1. The molecule has 82 valence electrons. The van der Waals surface area contributed by atoms with Gasteiger partial charge in [-0.2, -0.15) is 0 Å². The summed E-state index contributed by atoms with van der Waals surface area (Å²) in [6, 6.07) is 7.33. The SMILES string of the molecule is Oc1cccc(CNC[C@H]2CCCO2)c1. The lowest BCUT2D eigenvalue weighted by Crippen LogP contribution is -2.25. The van der Waals surface area contributed by atoms with Crippen molar-refractivity contribution in [1.29, 1.82) is 0 Å². The van der Waals surface area contributed by atoms with Crippen molar-refractivity contribution in [3.63, 3.8) is 0 Å². The highest BCUT2D eigenvalue weighted by Crippen LogP contribution is 2.12. The lowest BCUT2D eigenvalue weighted by Gasteiger charge is -2.10. The molecule has 0 bridgehead atoms. The van der Waals surface area contributed by atoms with Crippen molar-refractivity contribution in [2.45, 2.75) is 25.5 Å². The van der Waals surface area contributed by atoms with Gasteiger partial charge < -0.3 is 15.2 Å². The van der Waals surface area contributed by atoms with Gasteiger partial charge in [0.25, 0.3) is 0 Å². The molecule has 0 amide bonds. The first-order valence-electron chi connectivity index (χ1n) is 5.45. The predicted octanol–water partition coefficient (Wildman–Crippen LogP) is 1.66. The quantitative estimate of drug-likeness (QED) is 0.789. The van der Waals surface area contributed by atoms with E-state index < -0.39 is 0 Å². The Labute approximate surface area is 90.1 Å². The number of nitrogens with one attached hydrogen (secondary N) is 1. The van der Waals surface area contributed by atoms with E-state index in [2.05, 4.69) is 5.32 Å². The van der Waals surface area contributed by atoms with E-state index in [0.29, 0.717) is 11.9 Å². The number of hydrogen-bond donors (Lipinski definition) is 2. The first-order chi connectivity index (χ1) is 7.34. The van der Waals surface area contributed by atoms with Gasteiger partial charge in [0.15, 0.2) is 0 Å². The Morgan fingerprint density at radius 2 is 2.40 bits per heavy atom. The van der Waals surface area contributed by atoms with Crippen LogP contribution in [0.4, 0.5) is 0 Å². The molecule has 2 rings (SSSR count). The van der Waals surface area contributed by atoms with Crippen LogP contribution in [0.1, 0.15) is 18.4 Å². The fraction of sp³-hybridized carbons (Fsp3) is 0.500. The van der Waals surface area contributed by atoms with Crippen molar-refractivity contribution in [3.8, 4) is 5.75 Å². The van der Waals surface area contributed by atoms with Gasteiger partial charge in [0, 0.05) is 19.7 Å². The van der Waals surface area contributed by atoms with Gasteiger partial charge >= 0.3 is 0 Å². The van der Waals surface area contributed by atoms with Crippen molar-refractivity contribution < 1.29 is 9.84 Å². The highest BCUT2D eigenvalue weighted by atomic mass is 16.5. The van der Waals surface area contributed by atoms with Crippen LogP contribution in [0.25, 0.3) is 0 Å². The van der Waals surface area contributed by atoms with Gasteiger partial charge in [-0.3, -0.25) is 0 Å². The van der Waals surface area contributed by atoms with E-state index in [1.807, 2.05) is 12.1 Å². The van der Waals surface area contributed by atoms with Crippen LogP contribution in [-0.2, 0) is 11.3 Å². The van der Waals surface area contributed by atoms with Gasteiger partial charge in [0.05, 0.1) is 6.10 Å². The summed E-state index contributed by atoms with van der Waals surface area (Å²) < 4.78 is 5.50. The first-order valence-corrected chi connectivity index (χ1v) is 5.45. The summed E-state index contributed by atoms with van der Waals surface area (Å²) in [7, 11) is 0. The summed E-state index contributed by atoms with van der Waals surface area (Å²) in [4.78, 5) is 0. The second-order valence-corrected chi connectivity index (χ2v) is 3.94. The molecule has 0 radical (unpaired) electrons. The Hall–Kier alpha value is -1.06. The van der Waals surface area contributed by atoms with Crippen LogP contribution >= 0.6 is 0 Å². The number of hydrogen-bond acceptors (Lipinski definition) is 3. The minimum atomic E-state index is 0.325. The van der Waals surface area contributed by atoms with Gasteiger partial charge in [-0.25, -0.2) is 0 Å². The number of phenolic OH excluding ortho intramolecular Hbond substituents is 1. The van der Waals surface area contributed by atoms with Crippen LogP contribution in [0.5, 0.6) is 5.75 Å². The number of benzene rings is 1. The zero-order chi connectivity index (χ0) is 10.5. The maximum atomic E-state index is 9.27. The molecular weight excluding hydrogens is 190 g/mol. The summed E-state index contributed by atoms with van der Waals surface area (Å²) in [5.41, 5.74) is 1.10. The van der Waals surface area contributed by atoms with Crippen LogP contribution in [0, 0.1) is 0 Å². The van der Waals surface area contributed by atoms with E-state index in [4.69, 9.17) is 4.74 Å². The second kappa shape index (κ2) is 5.14. The molecule has 2 N–H and O–H groups in total. The van der Waals surface area contributed by atoms with Crippen LogP contribution in [0.15, 0.2) is 24.3 Å². The molecule has 0 aromatic heterocycles. The lowest BCUT2D eigenvalue weighted by molar-refractivity contribution is 0.110. The molecule has 3 heteroatoms. The highest BCUT2D eigenvalue weighted by molar-refractivity contribution is 5.26. The minimum absolute atomic E-state index is 0.325. The summed E-state index contributed by atoms with van der Waals surface area (Å²) in [5.74, 6) is 0.325. The fourth-order valence-electron chi connectivity index (χ4n) is 1.85. The summed E-state index contributed by atoms with van der Waals surface area (Å²) in [6.45, 7) is 2.59. The zero-order valence-electron chi connectivity index (χ0n) is 8.78. The van der Waals surface area contributed by atoms with Crippen LogP contribution in [-0.4, -0.2) is 24.4 Å². The number of aromatic hydroxyl groups is 1. The molecule has 0 saturated carbocycles. The van der Waals surface area contributed by atoms with Crippen molar-refractivity contribution >= 4 is 0 Å². The molecule has 1 heterocycles. The van der Waals surface area contributed by atoms with E-state index >= 15 is 0 Å². The number of rotatable bonds is 4. The average Bonchev–Trinajstić information content (AvgIpc) is 2.71. The van der Waals surface area contributed by atoms with E-state index in [1.165, 1.54) is 6.42 Å². The molecule has 0 aliphatic carbocycles. The molecule has 1 atom stereocenters. The van der Waals surface area contributed by atoms with Gasteiger partial charge in [-0.1, -0.05) is 12.1 Å². The molecule has 15 heavy (non-hydrogen) atoms. The topological polar surface area (TPSA) is 41.5 Å². The van der Waals surface area contributed by atoms with E-state index in [9.17, 15) is 5.11 Å². The molecule has 1 aromatic rings. The van der Waals surface area contributed by atoms with Crippen molar-refractivity contribution in [2.75, 3.05) is 13.2 Å². The molecule has 0 spiro atoms. The van der Waals surface area contributed by atoms with Gasteiger partial charge in [-0.05, 0) is 30.5 Å². The zero-order valence-corrected chi connectivity index (χ0v) is 8.78. The smallest absolute Gasteiger partial charge is 0.115 e. The second-order valence-electron chi connectivity index (χ2n) is 3.94. The van der Waals surface area contributed by atoms with Crippen LogP contribution < -0.4 is 5.32 Å². The Balaban J connectivity index is 1.73. The van der Waals surface area contributed by atoms with Crippen LogP contribution in [0.2, 0.25) is 0 Å². The number of ether oxygens (including phenoxy) is 1. The molecule has 0 unspecified atom stereocenters. The third-order valence-electron chi connectivity index (χ3n) is 2.64. The Kier molecular flexibility index (Phi) is 3.59. The lowest BCUT2D eigenvalue weighted by atomic mass is 10.2. The van der Waals surface area contributed by atoms with E-state index in [1.54, 1.807) is 12.1 Å². The standard InChI is InChI=1S/C12H17NO2/c14-11-4-1-3-10(7-11)8-13-9-12-5-2-6-15-12/h1,3-4,7,12-14H,2,5-6,8-9H2/t12-/m1/s1. The molecule has 1 aromatic carbocycles. The average molecular weight is 207 g/mol. The Morgan fingerprint density at radius 3 is 3.13 bits per heavy atom. The van der Waals surface area contributed by atoms with E-state index in [0.717, 1.165) is 31.7 Å². The monoisotopic (exact) mass is 207 g/mol. The minimum Gasteiger partial charge on any atom is -0.508 e. The fourth-order valence-corrected chi connectivity index (χ4v) is 1.85. The first kappa shape index (κ1) is 10.5. The molecule has 1 aliphatic rings. The summed E-state index contributed by atoms with van der Waals surface area (Å²) >= 11 is 0. The maximum absolute atomic E-state index is 9.27. The molecule has 1 fully saturated rings. The van der Waals surface area contributed by atoms with Crippen molar-refractivity contribution in [2.24, 2.45) is 0 Å². The Bertz CT molecular complexity index is 308. The summed E-state index contributed by atoms with van der Waals surface area (Å²) in [6.07, 6.45) is 2.72. The maximum Gasteiger partial charge on any atom is 0.115 e. The van der Waals surface area contributed by atoms with Crippen molar-refractivity contribution in [3.05, 3.63) is 29.8 Å².